The summed E-state index contributed by atoms with van der Waals surface area (Å²) in [5.41, 5.74) is 1.08. The summed E-state index contributed by atoms with van der Waals surface area (Å²) in [6.07, 6.45) is 6.30. The fourth-order valence-electron chi connectivity index (χ4n) is 3.03. The molecule has 0 aromatic carbocycles. The van der Waals surface area contributed by atoms with Gasteiger partial charge in [-0.3, -0.25) is 14.9 Å². The first kappa shape index (κ1) is 22.3. The van der Waals surface area contributed by atoms with Gasteiger partial charge in [0.25, 0.3) is 0 Å². The Labute approximate surface area is 183 Å². The molecule has 0 saturated carbocycles. The number of rotatable bonds is 7. The Hall–Kier alpha value is -2.01. The predicted octanol–water partition coefficient (Wildman–Crippen LogP) is 1.02. The molecule has 3 rings (SSSR count). The summed E-state index contributed by atoms with van der Waals surface area (Å²) >= 11 is 0. The molecule has 28 heavy (non-hydrogen) atoms. The predicted molar refractivity (Wildman–Crippen MR) is 123 cm³/mol. The Bertz CT molecular complexity index is 690. The molecule has 0 atom stereocenters. The second-order valence-electron chi connectivity index (χ2n) is 6.37. The summed E-state index contributed by atoms with van der Waals surface area (Å²) in [5, 5.41) is 6.72. The molecular formula is C19H29IN8. The van der Waals surface area contributed by atoms with Gasteiger partial charge in [-0.25, -0.2) is 9.97 Å². The summed E-state index contributed by atoms with van der Waals surface area (Å²) in [6.45, 7) is 6.63. The van der Waals surface area contributed by atoms with E-state index in [1.807, 2.05) is 30.5 Å². The molecule has 0 aliphatic carbocycles. The number of guanidine groups is 1. The number of nitrogens with zero attached hydrogens (tertiary/aromatic N) is 6. The van der Waals surface area contributed by atoms with Gasteiger partial charge in [0.1, 0.15) is 0 Å². The monoisotopic (exact) mass is 496 g/mol. The van der Waals surface area contributed by atoms with Crippen molar-refractivity contribution >= 4 is 35.9 Å². The fraction of sp³-hybridized carbons (Fsp3) is 0.474. The van der Waals surface area contributed by atoms with Gasteiger partial charge in [-0.05, 0) is 18.2 Å². The summed E-state index contributed by atoms with van der Waals surface area (Å²) in [7, 11) is 1.80. The van der Waals surface area contributed by atoms with Crippen molar-refractivity contribution in [2.24, 2.45) is 4.99 Å². The van der Waals surface area contributed by atoms with E-state index in [0.717, 1.165) is 69.8 Å². The molecule has 0 spiro atoms. The topological polar surface area (TPSA) is 81.6 Å². The molecule has 1 aliphatic heterocycles. The number of hydrogen-bond acceptors (Lipinski definition) is 6. The van der Waals surface area contributed by atoms with E-state index < -0.39 is 0 Å². The Morgan fingerprint density at radius 1 is 0.964 bits per heavy atom. The first-order valence-electron chi connectivity index (χ1n) is 9.44. The lowest BCUT2D eigenvalue weighted by molar-refractivity contribution is 0.260. The molecule has 9 heteroatoms. The van der Waals surface area contributed by atoms with Crippen LogP contribution in [-0.2, 0) is 6.42 Å². The van der Waals surface area contributed by atoms with Gasteiger partial charge in [0, 0.05) is 83.6 Å². The molecule has 0 unspecified atom stereocenters. The van der Waals surface area contributed by atoms with Gasteiger partial charge in [-0.15, -0.1) is 24.0 Å². The maximum absolute atomic E-state index is 4.33. The molecule has 2 N–H and O–H groups in total. The van der Waals surface area contributed by atoms with E-state index in [1.54, 1.807) is 19.4 Å². The second kappa shape index (κ2) is 12.4. The van der Waals surface area contributed by atoms with Crippen molar-refractivity contribution in [1.29, 1.82) is 0 Å². The highest BCUT2D eigenvalue weighted by atomic mass is 127. The highest BCUT2D eigenvalue weighted by molar-refractivity contribution is 14.0. The lowest BCUT2D eigenvalue weighted by atomic mass is 10.3. The maximum Gasteiger partial charge on any atom is 0.225 e. The minimum absolute atomic E-state index is 0. The zero-order valence-electron chi connectivity index (χ0n) is 16.3. The van der Waals surface area contributed by atoms with Crippen LogP contribution in [0.2, 0.25) is 0 Å². The van der Waals surface area contributed by atoms with Crippen molar-refractivity contribution in [3.8, 4) is 0 Å². The van der Waals surface area contributed by atoms with Crippen molar-refractivity contribution in [2.75, 3.05) is 57.8 Å². The van der Waals surface area contributed by atoms with Crippen LogP contribution in [0.4, 0.5) is 5.95 Å². The number of aromatic nitrogens is 3. The van der Waals surface area contributed by atoms with Crippen LogP contribution in [0.3, 0.4) is 0 Å². The van der Waals surface area contributed by atoms with Gasteiger partial charge in [0.2, 0.25) is 5.95 Å². The van der Waals surface area contributed by atoms with Crippen molar-refractivity contribution in [3.63, 3.8) is 0 Å². The third kappa shape index (κ3) is 7.19. The quantitative estimate of drug-likeness (QED) is 0.337. The molecule has 2 aromatic heterocycles. The lowest BCUT2D eigenvalue weighted by Crippen LogP contribution is -2.49. The van der Waals surface area contributed by atoms with Crippen molar-refractivity contribution in [2.45, 2.75) is 6.42 Å². The molecule has 0 radical (unpaired) electrons. The third-order valence-electron chi connectivity index (χ3n) is 4.55. The minimum atomic E-state index is 0. The van der Waals surface area contributed by atoms with Crippen LogP contribution >= 0.6 is 24.0 Å². The van der Waals surface area contributed by atoms with E-state index in [2.05, 4.69) is 40.4 Å². The standard InChI is InChI=1S/C19H28N8.HI/c1-20-18(22-10-6-17-5-2-3-7-21-17)23-11-12-26-13-15-27(16-14-26)19-24-8-4-9-25-19;/h2-5,7-9H,6,10-16H2,1H3,(H2,20,22,23);1H. The van der Waals surface area contributed by atoms with Gasteiger partial charge in [-0.2, -0.15) is 0 Å². The largest absolute Gasteiger partial charge is 0.356 e. The van der Waals surface area contributed by atoms with Crippen LogP contribution in [0.1, 0.15) is 5.69 Å². The first-order chi connectivity index (χ1) is 13.3. The summed E-state index contributed by atoms with van der Waals surface area (Å²) in [6, 6.07) is 7.84. The zero-order valence-corrected chi connectivity index (χ0v) is 18.6. The molecule has 0 bridgehead atoms. The number of halogens is 1. The lowest BCUT2D eigenvalue weighted by Gasteiger charge is -2.34. The van der Waals surface area contributed by atoms with E-state index in [-0.39, 0.29) is 24.0 Å². The van der Waals surface area contributed by atoms with Gasteiger partial charge in [0.05, 0.1) is 0 Å². The Kier molecular flexibility index (Phi) is 9.91. The van der Waals surface area contributed by atoms with Crippen LogP contribution in [0.5, 0.6) is 0 Å². The SMILES string of the molecule is CN=C(NCCc1ccccn1)NCCN1CCN(c2ncccn2)CC1.I. The third-order valence-corrected chi connectivity index (χ3v) is 4.55. The smallest absolute Gasteiger partial charge is 0.225 e. The molecule has 1 aliphatic rings. The van der Waals surface area contributed by atoms with Crippen LogP contribution in [0.15, 0.2) is 47.8 Å². The Morgan fingerprint density at radius 2 is 1.68 bits per heavy atom. The van der Waals surface area contributed by atoms with Crippen LogP contribution < -0.4 is 15.5 Å². The van der Waals surface area contributed by atoms with E-state index in [0.29, 0.717) is 0 Å². The number of pyridine rings is 1. The van der Waals surface area contributed by atoms with Crippen LogP contribution in [-0.4, -0.2) is 78.7 Å². The van der Waals surface area contributed by atoms with E-state index in [9.17, 15) is 0 Å². The molecule has 0 amide bonds. The number of anilines is 1. The highest BCUT2D eigenvalue weighted by Crippen LogP contribution is 2.08. The highest BCUT2D eigenvalue weighted by Gasteiger charge is 2.18. The van der Waals surface area contributed by atoms with Gasteiger partial charge in [-0.1, -0.05) is 6.07 Å². The number of nitrogens with one attached hydrogen (secondary N) is 2. The summed E-state index contributed by atoms with van der Waals surface area (Å²) < 4.78 is 0. The molecular weight excluding hydrogens is 467 g/mol. The van der Waals surface area contributed by atoms with Crippen molar-refractivity contribution in [1.82, 2.24) is 30.5 Å². The molecule has 8 nitrogen and oxygen atoms in total. The van der Waals surface area contributed by atoms with Gasteiger partial charge >= 0.3 is 0 Å². The van der Waals surface area contributed by atoms with Crippen molar-refractivity contribution < 1.29 is 0 Å². The average molecular weight is 496 g/mol. The second-order valence-corrected chi connectivity index (χ2v) is 6.37. The van der Waals surface area contributed by atoms with E-state index in [4.69, 9.17) is 0 Å². The zero-order chi connectivity index (χ0) is 18.7. The molecule has 3 heterocycles. The number of aliphatic imine (C=N–C) groups is 1. The fourth-order valence-corrected chi connectivity index (χ4v) is 3.03. The van der Waals surface area contributed by atoms with Crippen LogP contribution in [0.25, 0.3) is 0 Å². The summed E-state index contributed by atoms with van der Waals surface area (Å²) in [5.74, 6) is 1.66. The average Bonchev–Trinajstić information content (AvgIpc) is 2.74. The molecule has 152 valence electrons. The Morgan fingerprint density at radius 3 is 2.36 bits per heavy atom. The molecule has 2 aromatic rings. The van der Waals surface area contributed by atoms with E-state index in [1.165, 1.54) is 0 Å². The normalized spacial score (nSPS) is 15.0. The molecule has 1 saturated heterocycles. The van der Waals surface area contributed by atoms with Crippen molar-refractivity contribution in [3.05, 3.63) is 48.5 Å². The van der Waals surface area contributed by atoms with Gasteiger partial charge in [0.15, 0.2) is 5.96 Å². The Balaban J connectivity index is 0.00000280. The first-order valence-corrected chi connectivity index (χ1v) is 9.44. The number of piperazine rings is 1. The van der Waals surface area contributed by atoms with Gasteiger partial charge < -0.3 is 15.5 Å². The maximum atomic E-state index is 4.33. The minimum Gasteiger partial charge on any atom is -0.356 e. The van der Waals surface area contributed by atoms with Crippen LogP contribution in [0, 0.1) is 0 Å². The van der Waals surface area contributed by atoms with E-state index >= 15 is 0 Å². The number of hydrogen-bond donors (Lipinski definition) is 2. The molecule has 1 fully saturated rings. The summed E-state index contributed by atoms with van der Waals surface area (Å²) in [4.78, 5) is 22.0.